The summed E-state index contributed by atoms with van der Waals surface area (Å²) < 4.78 is 0. The van der Waals surface area contributed by atoms with Crippen LogP contribution in [0.5, 0.6) is 0 Å². The maximum Gasteiger partial charge on any atom is 0.240 e. The summed E-state index contributed by atoms with van der Waals surface area (Å²) in [5.41, 5.74) is 6.98. The van der Waals surface area contributed by atoms with E-state index in [4.69, 9.17) is 5.73 Å². The number of thiophene rings is 1. The summed E-state index contributed by atoms with van der Waals surface area (Å²) in [5, 5.41) is 1.17. The van der Waals surface area contributed by atoms with Crippen LogP contribution in [0, 0.1) is 6.92 Å². The van der Waals surface area contributed by atoms with E-state index in [0.29, 0.717) is 0 Å². The van der Waals surface area contributed by atoms with Crippen molar-refractivity contribution in [2.24, 2.45) is 5.73 Å². The molecular weight excluding hydrogens is 284 g/mol. The van der Waals surface area contributed by atoms with E-state index in [1.54, 1.807) is 11.3 Å². The van der Waals surface area contributed by atoms with Gasteiger partial charge >= 0.3 is 0 Å². The van der Waals surface area contributed by atoms with Crippen molar-refractivity contribution in [2.75, 3.05) is 11.4 Å². The Morgan fingerprint density at radius 2 is 2.19 bits per heavy atom. The molecule has 6 heteroatoms. The number of nitrogens with two attached hydrogens (primary N) is 1. The number of hydrogen-bond acceptors (Lipinski definition) is 5. The van der Waals surface area contributed by atoms with Gasteiger partial charge in [0.25, 0.3) is 0 Å². The number of carbonyl (C=O) groups is 1. The third-order valence-corrected chi connectivity index (χ3v) is 5.70. The lowest BCUT2D eigenvalue weighted by Crippen LogP contribution is -2.41. The number of nitrogens with zero attached hydrogens (tertiary/aromatic N) is 3. The SMILES string of the molecule is Cc1nc(N2CCC[C@H]2C(N)=O)c2c3c(sc2n1)CCC3. The first-order valence-electron chi connectivity index (χ1n) is 7.50. The van der Waals surface area contributed by atoms with Gasteiger partial charge in [-0.2, -0.15) is 0 Å². The molecule has 3 heterocycles. The van der Waals surface area contributed by atoms with Gasteiger partial charge in [0.2, 0.25) is 5.91 Å². The van der Waals surface area contributed by atoms with E-state index in [-0.39, 0.29) is 11.9 Å². The van der Waals surface area contributed by atoms with Crippen LogP contribution in [0.2, 0.25) is 0 Å². The molecule has 0 bridgehead atoms. The number of aryl methyl sites for hydroxylation is 3. The molecule has 2 N–H and O–H groups in total. The second kappa shape index (κ2) is 4.66. The summed E-state index contributed by atoms with van der Waals surface area (Å²) in [6.45, 7) is 2.77. The lowest BCUT2D eigenvalue weighted by molar-refractivity contribution is -0.119. The highest BCUT2D eigenvalue weighted by molar-refractivity contribution is 7.19. The van der Waals surface area contributed by atoms with Crippen molar-refractivity contribution in [3.05, 3.63) is 16.3 Å². The van der Waals surface area contributed by atoms with Crippen molar-refractivity contribution in [3.8, 4) is 0 Å². The Bertz CT molecular complexity index is 739. The van der Waals surface area contributed by atoms with E-state index in [1.165, 1.54) is 22.2 Å². The molecule has 1 amide bonds. The smallest absolute Gasteiger partial charge is 0.240 e. The Morgan fingerprint density at radius 1 is 1.33 bits per heavy atom. The quantitative estimate of drug-likeness (QED) is 0.920. The fourth-order valence-electron chi connectivity index (χ4n) is 3.60. The van der Waals surface area contributed by atoms with Crippen LogP contribution < -0.4 is 10.6 Å². The van der Waals surface area contributed by atoms with Gasteiger partial charge in [0, 0.05) is 11.4 Å². The van der Waals surface area contributed by atoms with Gasteiger partial charge in [-0.25, -0.2) is 9.97 Å². The molecule has 5 nitrogen and oxygen atoms in total. The van der Waals surface area contributed by atoms with Crippen molar-refractivity contribution in [1.29, 1.82) is 0 Å². The maximum atomic E-state index is 11.7. The second-order valence-electron chi connectivity index (χ2n) is 5.89. The van der Waals surface area contributed by atoms with Crippen molar-refractivity contribution >= 4 is 33.3 Å². The van der Waals surface area contributed by atoms with E-state index in [0.717, 1.165) is 48.7 Å². The van der Waals surface area contributed by atoms with Crippen LogP contribution in [0.1, 0.15) is 35.5 Å². The van der Waals surface area contributed by atoms with E-state index < -0.39 is 0 Å². The standard InChI is InChI=1S/C15H18N4OS/c1-8-17-14(19-7-3-5-10(19)13(16)20)12-9-4-2-6-11(9)21-15(12)18-8/h10H,2-7H2,1H3,(H2,16,20)/t10-/m0/s1. The van der Waals surface area contributed by atoms with Crippen molar-refractivity contribution in [2.45, 2.75) is 45.1 Å². The number of anilines is 1. The summed E-state index contributed by atoms with van der Waals surface area (Å²) in [6, 6.07) is -0.223. The third kappa shape index (κ3) is 1.92. The molecule has 0 unspecified atom stereocenters. The van der Waals surface area contributed by atoms with Crippen molar-refractivity contribution in [1.82, 2.24) is 9.97 Å². The molecule has 1 aliphatic heterocycles. The highest BCUT2D eigenvalue weighted by Gasteiger charge is 2.33. The first kappa shape index (κ1) is 13.0. The van der Waals surface area contributed by atoms with E-state index in [9.17, 15) is 4.79 Å². The minimum atomic E-state index is -0.246. The average Bonchev–Trinajstić information content (AvgIpc) is 3.11. The molecule has 1 fully saturated rings. The predicted octanol–water partition coefficient (Wildman–Crippen LogP) is 1.94. The Labute approximate surface area is 127 Å². The normalized spacial score (nSPS) is 21.2. The lowest BCUT2D eigenvalue weighted by atomic mass is 10.1. The summed E-state index contributed by atoms with van der Waals surface area (Å²) in [4.78, 5) is 25.6. The van der Waals surface area contributed by atoms with Gasteiger partial charge in [-0.3, -0.25) is 4.79 Å². The molecule has 1 aliphatic carbocycles. The number of rotatable bonds is 2. The van der Waals surface area contributed by atoms with Crippen LogP contribution in [0.25, 0.3) is 10.2 Å². The molecule has 2 aromatic rings. The molecule has 21 heavy (non-hydrogen) atoms. The molecule has 0 radical (unpaired) electrons. The summed E-state index contributed by atoms with van der Waals surface area (Å²) in [5.74, 6) is 1.45. The summed E-state index contributed by atoms with van der Waals surface area (Å²) in [6.07, 6.45) is 5.28. The van der Waals surface area contributed by atoms with Crippen molar-refractivity contribution < 1.29 is 4.79 Å². The lowest BCUT2D eigenvalue weighted by Gasteiger charge is -2.24. The molecule has 0 spiro atoms. The molecule has 2 aromatic heterocycles. The fraction of sp³-hybridized carbons (Fsp3) is 0.533. The number of primary amides is 1. The van der Waals surface area contributed by atoms with Gasteiger partial charge in [-0.05, 0) is 44.6 Å². The number of aromatic nitrogens is 2. The van der Waals surface area contributed by atoms with Crippen LogP contribution in [0.4, 0.5) is 5.82 Å². The number of carbonyl (C=O) groups excluding carboxylic acids is 1. The fourth-order valence-corrected chi connectivity index (χ4v) is 4.91. The van der Waals surface area contributed by atoms with Crippen LogP contribution in [0.15, 0.2) is 0 Å². The minimum absolute atomic E-state index is 0.223. The van der Waals surface area contributed by atoms with Crippen LogP contribution >= 0.6 is 11.3 Å². The zero-order valence-electron chi connectivity index (χ0n) is 12.1. The first-order chi connectivity index (χ1) is 10.1. The topological polar surface area (TPSA) is 72.1 Å². The molecule has 1 saturated heterocycles. The first-order valence-corrected chi connectivity index (χ1v) is 8.31. The van der Waals surface area contributed by atoms with Gasteiger partial charge in [-0.15, -0.1) is 11.3 Å². The molecule has 110 valence electrons. The second-order valence-corrected chi connectivity index (χ2v) is 6.97. The Hall–Kier alpha value is -1.69. The number of fused-ring (bicyclic) bond motifs is 3. The van der Waals surface area contributed by atoms with Crippen LogP contribution in [-0.4, -0.2) is 28.5 Å². The highest BCUT2D eigenvalue weighted by atomic mass is 32.1. The summed E-state index contributed by atoms with van der Waals surface area (Å²) in [7, 11) is 0. The Morgan fingerprint density at radius 3 is 3.00 bits per heavy atom. The molecule has 0 aromatic carbocycles. The Kier molecular flexibility index (Phi) is 2.89. The molecule has 0 saturated carbocycles. The average molecular weight is 302 g/mol. The predicted molar refractivity (Wildman–Crippen MR) is 83.7 cm³/mol. The highest BCUT2D eigenvalue weighted by Crippen LogP contribution is 2.41. The zero-order chi connectivity index (χ0) is 14.6. The monoisotopic (exact) mass is 302 g/mol. The molecule has 2 aliphatic rings. The molecule has 4 rings (SSSR count). The largest absolute Gasteiger partial charge is 0.368 e. The van der Waals surface area contributed by atoms with Gasteiger partial charge in [0.05, 0.1) is 5.39 Å². The maximum absolute atomic E-state index is 11.7. The van der Waals surface area contributed by atoms with Gasteiger partial charge in [-0.1, -0.05) is 0 Å². The zero-order valence-corrected chi connectivity index (χ0v) is 12.9. The third-order valence-electron chi connectivity index (χ3n) is 4.51. The number of hydrogen-bond donors (Lipinski definition) is 1. The summed E-state index contributed by atoms with van der Waals surface area (Å²) >= 11 is 1.79. The molecule has 1 atom stereocenters. The van der Waals surface area contributed by atoms with Crippen LogP contribution in [-0.2, 0) is 17.6 Å². The van der Waals surface area contributed by atoms with Gasteiger partial charge < -0.3 is 10.6 Å². The number of amides is 1. The van der Waals surface area contributed by atoms with Gasteiger partial charge in [0.15, 0.2) is 0 Å². The van der Waals surface area contributed by atoms with E-state index in [2.05, 4.69) is 14.9 Å². The molecular formula is C15H18N4OS. The van der Waals surface area contributed by atoms with E-state index >= 15 is 0 Å². The van der Waals surface area contributed by atoms with Crippen LogP contribution in [0.3, 0.4) is 0 Å². The van der Waals surface area contributed by atoms with Gasteiger partial charge in [0.1, 0.15) is 22.5 Å². The van der Waals surface area contributed by atoms with Crippen molar-refractivity contribution in [3.63, 3.8) is 0 Å². The minimum Gasteiger partial charge on any atom is -0.368 e. The van der Waals surface area contributed by atoms with E-state index in [1.807, 2.05) is 6.92 Å². The Balaban J connectivity index is 1.93.